The van der Waals surface area contributed by atoms with Gasteiger partial charge in [-0.25, -0.2) is 4.79 Å². The summed E-state index contributed by atoms with van der Waals surface area (Å²) in [6, 6.07) is 3.13. The first-order valence-corrected chi connectivity index (χ1v) is 6.58. The van der Waals surface area contributed by atoms with Crippen LogP contribution in [0.2, 0.25) is 0 Å². The van der Waals surface area contributed by atoms with Crippen molar-refractivity contribution in [2.45, 2.75) is 18.9 Å². The molecule has 0 saturated carbocycles. The molecule has 1 aromatic rings. The van der Waals surface area contributed by atoms with Gasteiger partial charge in [-0.05, 0) is 17.7 Å². The molecule has 2 unspecified atom stereocenters. The van der Waals surface area contributed by atoms with Crippen molar-refractivity contribution in [2.24, 2.45) is 5.92 Å². The number of carboxylic acids is 1. The average molecular weight is 291 g/mol. The molecular formula is C15H17NO5. The third kappa shape index (κ3) is 3.16. The van der Waals surface area contributed by atoms with Crippen molar-refractivity contribution >= 4 is 11.9 Å². The van der Waals surface area contributed by atoms with E-state index < -0.39 is 12.0 Å². The second-order valence-corrected chi connectivity index (χ2v) is 5.13. The Morgan fingerprint density at radius 2 is 2.14 bits per heavy atom. The molecule has 1 fully saturated rings. The molecule has 1 aromatic carbocycles. The van der Waals surface area contributed by atoms with E-state index in [1.807, 2.05) is 0 Å². The van der Waals surface area contributed by atoms with E-state index in [9.17, 15) is 24.9 Å². The lowest BCUT2D eigenvalue weighted by atomic mass is 10.0. The largest absolute Gasteiger partial charge is 0.504 e. The van der Waals surface area contributed by atoms with Crippen LogP contribution in [0.15, 0.2) is 30.9 Å². The summed E-state index contributed by atoms with van der Waals surface area (Å²) < 4.78 is 0. The standard InChI is InChI=1S/C15H17NO5/c1-2-9-7-14(19)16(8-9)11(15(20)21)5-10-3-4-12(17)13(18)6-10/h2-4,6,9,11,17-18H,1,5,7-8H2,(H,20,21). The number of likely N-dealkylation sites (tertiary alicyclic amines) is 1. The molecular weight excluding hydrogens is 274 g/mol. The summed E-state index contributed by atoms with van der Waals surface area (Å²) in [5, 5.41) is 28.1. The summed E-state index contributed by atoms with van der Waals surface area (Å²) in [7, 11) is 0. The van der Waals surface area contributed by atoms with Gasteiger partial charge in [-0.1, -0.05) is 12.1 Å². The summed E-state index contributed by atoms with van der Waals surface area (Å²) in [5.41, 5.74) is 0.535. The summed E-state index contributed by atoms with van der Waals surface area (Å²) in [6.07, 6.45) is 2.00. The Bertz CT molecular complexity index is 583. The quantitative estimate of drug-likeness (QED) is 0.558. The first kappa shape index (κ1) is 14.9. The molecule has 2 rings (SSSR count). The number of carbonyl (C=O) groups is 2. The summed E-state index contributed by atoms with van der Waals surface area (Å²) in [4.78, 5) is 24.7. The van der Waals surface area contributed by atoms with E-state index in [1.54, 1.807) is 6.08 Å². The molecule has 1 saturated heterocycles. The molecule has 1 amide bonds. The molecule has 3 N–H and O–H groups in total. The van der Waals surface area contributed by atoms with Crippen LogP contribution in [0.3, 0.4) is 0 Å². The highest BCUT2D eigenvalue weighted by atomic mass is 16.4. The van der Waals surface area contributed by atoms with Crippen molar-refractivity contribution in [3.8, 4) is 11.5 Å². The van der Waals surface area contributed by atoms with Crippen LogP contribution >= 0.6 is 0 Å². The molecule has 1 aliphatic heterocycles. The third-order valence-corrected chi connectivity index (χ3v) is 3.65. The number of phenolic OH excluding ortho intramolecular Hbond substituents is 2. The van der Waals surface area contributed by atoms with Crippen molar-refractivity contribution in [1.82, 2.24) is 4.90 Å². The fourth-order valence-electron chi connectivity index (χ4n) is 2.47. The lowest BCUT2D eigenvalue weighted by Crippen LogP contribution is -2.43. The third-order valence-electron chi connectivity index (χ3n) is 3.65. The maximum atomic E-state index is 11.9. The number of hydrogen-bond acceptors (Lipinski definition) is 4. The predicted molar refractivity (Wildman–Crippen MR) is 74.9 cm³/mol. The van der Waals surface area contributed by atoms with Crippen molar-refractivity contribution in [3.05, 3.63) is 36.4 Å². The van der Waals surface area contributed by atoms with Crippen LogP contribution in [0.4, 0.5) is 0 Å². The number of phenols is 2. The number of carboxylic acid groups (broad SMARTS) is 1. The number of carbonyl (C=O) groups excluding carboxylic acids is 1. The molecule has 6 nitrogen and oxygen atoms in total. The molecule has 0 radical (unpaired) electrons. The molecule has 112 valence electrons. The van der Waals surface area contributed by atoms with Crippen LogP contribution in [0.1, 0.15) is 12.0 Å². The lowest BCUT2D eigenvalue weighted by molar-refractivity contribution is -0.148. The van der Waals surface area contributed by atoms with E-state index in [1.165, 1.54) is 23.1 Å². The number of rotatable bonds is 5. The Kier molecular flexibility index (Phi) is 4.16. The number of amides is 1. The van der Waals surface area contributed by atoms with Crippen molar-refractivity contribution in [1.29, 1.82) is 0 Å². The normalized spacial score (nSPS) is 19.5. The Morgan fingerprint density at radius 3 is 2.67 bits per heavy atom. The van der Waals surface area contributed by atoms with Gasteiger partial charge in [0.25, 0.3) is 0 Å². The Morgan fingerprint density at radius 1 is 1.43 bits per heavy atom. The van der Waals surface area contributed by atoms with Gasteiger partial charge in [0, 0.05) is 25.3 Å². The first-order valence-electron chi connectivity index (χ1n) is 6.58. The Labute approximate surface area is 121 Å². The van der Waals surface area contributed by atoms with Crippen LogP contribution < -0.4 is 0 Å². The van der Waals surface area contributed by atoms with Gasteiger partial charge in [0.15, 0.2) is 11.5 Å². The van der Waals surface area contributed by atoms with Crippen molar-refractivity contribution in [2.75, 3.05) is 6.54 Å². The predicted octanol–water partition coefficient (Wildman–Crippen LogP) is 1.13. The van der Waals surface area contributed by atoms with E-state index in [0.29, 0.717) is 12.1 Å². The van der Waals surface area contributed by atoms with Gasteiger partial charge in [-0.2, -0.15) is 0 Å². The van der Waals surface area contributed by atoms with E-state index in [0.717, 1.165) is 0 Å². The van der Waals surface area contributed by atoms with Crippen LogP contribution in [-0.4, -0.2) is 44.7 Å². The molecule has 1 aliphatic rings. The Hall–Kier alpha value is -2.50. The molecule has 0 spiro atoms. The SMILES string of the molecule is C=CC1CC(=O)N(C(Cc2ccc(O)c(O)c2)C(=O)O)C1. The van der Waals surface area contributed by atoms with Gasteiger partial charge in [0.1, 0.15) is 6.04 Å². The van der Waals surface area contributed by atoms with Crippen molar-refractivity contribution in [3.63, 3.8) is 0 Å². The summed E-state index contributed by atoms with van der Waals surface area (Å²) in [5.74, 6) is -1.92. The number of nitrogens with zero attached hydrogens (tertiary/aromatic N) is 1. The Balaban J connectivity index is 2.20. The zero-order valence-electron chi connectivity index (χ0n) is 11.4. The highest BCUT2D eigenvalue weighted by molar-refractivity contribution is 5.85. The van der Waals surface area contributed by atoms with Crippen LogP contribution in [0.5, 0.6) is 11.5 Å². The van der Waals surface area contributed by atoms with Crippen LogP contribution in [0.25, 0.3) is 0 Å². The minimum Gasteiger partial charge on any atom is -0.504 e. The molecule has 1 heterocycles. The minimum atomic E-state index is -1.10. The molecule has 21 heavy (non-hydrogen) atoms. The molecule has 0 bridgehead atoms. The number of hydrogen-bond donors (Lipinski definition) is 3. The van der Waals surface area contributed by atoms with Gasteiger partial charge in [0.2, 0.25) is 5.91 Å². The van der Waals surface area contributed by atoms with E-state index >= 15 is 0 Å². The smallest absolute Gasteiger partial charge is 0.326 e. The first-order chi connectivity index (χ1) is 9.92. The van der Waals surface area contributed by atoms with Gasteiger partial charge in [-0.15, -0.1) is 6.58 Å². The van der Waals surface area contributed by atoms with Crippen LogP contribution in [-0.2, 0) is 16.0 Å². The number of benzene rings is 1. The molecule has 0 aliphatic carbocycles. The molecule has 2 atom stereocenters. The second-order valence-electron chi connectivity index (χ2n) is 5.13. The van der Waals surface area contributed by atoms with Crippen molar-refractivity contribution < 1.29 is 24.9 Å². The summed E-state index contributed by atoms with van der Waals surface area (Å²) in [6.45, 7) is 3.97. The van der Waals surface area contributed by atoms with E-state index in [2.05, 4.69) is 6.58 Å². The lowest BCUT2D eigenvalue weighted by Gasteiger charge is -2.24. The maximum Gasteiger partial charge on any atom is 0.326 e. The highest BCUT2D eigenvalue weighted by Gasteiger charge is 2.36. The maximum absolute atomic E-state index is 11.9. The average Bonchev–Trinajstić information content (AvgIpc) is 2.80. The monoisotopic (exact) mass is 291 g/mol. The molecule has 0 aromatic heterocycles. The highest BCUT2D eigenvalue weighted by Crippen LogP contribution is 2.27. The number of aliphatic carboxylic acids is 1. The van der Waals surface area contributed by atoms with E-state index in [4.69, 9.17) is 0 Å². The number of aromatic hydroxyl groups is 2. The van der Waals surface area contributed by atoms with Crippen LogP contribution in [0, 0.1) is 5.92 Å². The van der Waals surface area contributed by atoms with Gasteiger partial charge in [-0.3, -0.25) is 4.79 Å². The zero-order valence-corrected chi connectivity index (χ0v) is 11.4. The minimum absolute atomic E-state index is 0.0347. The van der Waals surface area contributed by atoms with Gasteiger partial charge < -0.3 is 20.2 Å². The second kappa shape index (κ2) is 5.87. The van der Waals surface area contributed by atoms with E-state index in [-0.39, 0.29) is 36.2 Å². The molecule has 6 heteroatoms. The summed E-state index contributed by atoms with van der Waals surface area (Å²) >= 11 is 0. The topological polar surface area (TPSA) is 98.1 Å². The fraction of sp³-hybridized carbons (Fsp3) is 0.333. The zero-order chi connectivity index (χ0) is 15.6. The fourth-order valence-corrected chi connectivity index (χ4v) is 2.47. The van der Waals surface area contributed by atoms with Gasteiger partial charge >= 0.3 is 5.97 Å². The van der Waals surface area contributed by atoms with Gasteiger partial charge in [0.05, 0.1) is 0 Å².